The average molecular weight is 566 g/mol. The number of hydrogen-bond donors (Lipinski definition) is 0. The molecule has 0 atom stereocenters. The van der Waals surface area contributed by atoms with Gasteiger partial charge in [-0.2, -0.15) is 0 Å². The molecule has 5 nitrogen and oxygen atoms in total. The zero-order chi connectivity index (χ0) is 26.2. The van der Waals surface area contributed by atoms with Gasteiger partial charge in [-0.25, -0.2) is 19.9 Å². The molecule has 0 saturated heterocycles. The molecule has 0 saturated carbocycles. The molecule has 0 amide bonds. The minimum absolute atomic E-state index is 0.596. The zero-order valence-electron chi connectivity index (χ0n) is 20.7. The molecular formula is C33H20BrN5. The Hall–Kier alpha value is -4.81. The minimum atomic E-state index is 0.596. The minimum Gasteiger partial charge on any atom is -0.254 e. The Balaban J connectivity index is 1.40. The topological polar surface area (TPSA) is 64.5 Å². The Morgan fingerprint density at radius 2 is 1.00 bits per heavy atom. The van der Waals surface area contributed by atoms with Gasteiger partial charge in [0.2, 0.25) is 0 Å². The van der Waals surface area contributed by atoms with Crippen LogP contribution < -0.4 is 0 Å². The highest BCUT2D eigenvalue weighted by molar-refractivity contribution is 9.10. The second-order valence-electron chi connectivity index (χ2n) is 9.18. The fourth-order valence-electron chi connectivity index (χ4n) is 4.69. The summed E-state index contributed by atoms with van der Waals surface area (Å²) in [5.41, 5.74) is 6.32. The van der Waals surface area contributed by atoms with E-state index in [0.29, 0.717) is 17.5 Å². The van der Waals surface area contributed by atoms with Crippen molar-refractivity contribution in [3.63, 3.8) is 0 Å². The lowest BCUT2D eigenvalue weighted by atomic mass is 10.0. The molecule has 3 heterocycles. The summed E-state index contributed by atoms with van der Waals surface area (Å²) in [6, 6.07) is 38.4. The lowest BCUT2D eigenvalue weighted by Crippen LogP contribution is -2.00. The highest BCUT2D eigenvalue weighted by atomic mass is 79.9. The second kappa shape index (κ2) is 9.82. The van der Waals surface area contributed by atoms with Gasteiger partial charge in [0.15, 0.2) is 17.5 Å². The number of benzene rings is 4. The first-order chi connectivity index (χ1) is 19.2. The van der Waals surface area contributed by atoms with Crippen LogP contribution in [0.5, 0.6) is 0 Å². The third-order valence-electron chi connectivity index (χ3n) is 6.58. The standard InChI is InChI=1S/C33H20BrN5/c34-27-19-25(28-16-15-22-14-13-21-12-7-17-35-29(21)30(22)36-28)18-26(20-27)33-38-31(23-8-3-1-4-9-23)37-32(39-33)24-10-5-2-6-11-24/h1-20H. The van der Waals surface area contributed by atoms with Gasteiger partial charge in [-0.1, -0.05) is 101 Å². The summed E-state index contributed by atoms with van der Waals surface area (Å²) in [6.45, 7) is 0. The fraction of sp³-hybridized carbons (Fsp3) is 0. The SMILES string of the molecule is Brc1cc(-c2ccc3ccc4cccnc4c3n2)cc(-c2nc(-c3ccccc3)nc(-c3ccccc3)n2)c1. The number of hydrogen-bond acceptors (Lipinski definition) is 5. The van der Waals surface area contributed by atoms with Crippen molar-refractivity contribution in [3.05, 3.63) is 126 Å². The summed E-state index contributed by atoms with van der Waals surface area (Å²) in [6.07, 6.45) is 1.81. The third kappa shape index (κ3) is 4.56. The third-order valence-corrected chi connectivity index (χ3v) is 7.04. The lowest BCUT2D eigenvalue weighted by Gasteiger charge is -2.11. The Labute approximate surface area is 233 Å². The smallest absolute Gasteiger partial charge is 0.164 e. The van der Waals surface area contributed by atoms with Crippen molar-refractivity contribution in [3.8, 4) is 45.4 Å². The summed E-state index contributed by atoms with van der Waals surface area (Å²) in [7, 11) is 0. The van der Waals surface area contributed by atoms with Crippen molar-refractivity contribution in [2.24, 2.45) is 0 Å². The first-order valence-electron chi connectivity index (χ1n) is 12.5. The van der Waals surface area contributed by atoms with Crippen molar-refractivity contribution in [1.29, 1.82) is 0 Å². The van der Waals surface area contributed by atoms with Crippen LogP contribution in [0.1, 0.15) is 0 Å². The zero-order valence-corrected chi connectivity index (χ0v) is 22.2. The second-order valence-corrected chi connectivity index (χ2v) is 10.1. The average Bonchev–Trinajstić information content (AvgIpc) is 3.01. The van der Waals surface area contributed by atoms with Gasteiger partial charge in [-0.15, -0.1) is 0 Å². The van der Waals surface area contributed by atoms with Gasteiger partial charge in [0.1, 0.15) is 0 Å². The maximum Gasteiger partial charge on any atom is 0.164 e. The van der Waals surface area contributed by atoms with Crippen LogP contribution in [0.15, 0.2) is 126 Å². The predicted octanol–water partition coefficient (Wildman–Crippen LogP) is 8.40. The van der Waals surface area contributed by atoms with Crippen molar-refractivity contribution in [2.75, 3.05) is 0 Å². The van der Waals surface area contributed by atoms with Crippen LogP contribution in [0.2, 0.25) is 0 Å². The van der Waals surface area contributed by atoms with Gasteiger partial charge in [0, 0.05) is 43.7 Å². The quantitative estimate of drug-likeness (QED) is 0.200. The fourth-order valence-corrected chi connectivity index (χ4v) is 5.18. The first kappa shape index (κ1) is 23.3. The number of pyridine rings is 2. The normalized spacial score (nSPS) is 11.2. The van der Waals surface area contributed by atoms with Crippen molar-refractivity contribution in [1.82, 2.24) is 24.9 Å². The highest BCUT2D eigenvalue weighted by Crippen LogP contribution is 2.32. The molecular weight excluding hydrogens is 546 g/mol. The molecule has 0 radical (unpaired) electrons. The molecule has 7 aromatic rings. The van der Waals surface area contributed by atoms with E-state index >= 15 is 0 Å². The van der Waals surface area contributed by atoms with E-state index in [2.05, 4.69) is 57.3 Å². The molecule has 6 heteroatoms. The summed E-state index contributed by atoms with van der Waals surface area (Å²) < 4.78 is 0.913. The summed E-state index contributed by atoms with van der Waals surface area (Å²) >= 11 is 3.71. The molecule has 0 N–H and O–H groups in total. The van der Waals surface area contributed by atoms with Crippen molar-refractivity contribution < 1.29 is 0 Å². The van der Waals surface area contributed by atoms with Crippen molar-refractivity contribution in [2.45, 2.75) is 0 Å². The van der Waals surface area contributed by atoms with Gasteiger partial charge >= 0.3 is 0 Å². The van der Waals surface area contributed by atoms with Gasteiger partial charge in [-0.3, -0.25) is 4.98 Å². The number of aromatic nitrogens is 5. The monoisotopic (exact) mass is 565 g/mol. The Kier molecular flexibility index (Phi) is 5.87. The molecule has 0 unspecified atom stereocenters. The van der Waals surface area contributed by atoms with E-state index in [0.717, 1.165) is 54.2 Å². The van der Waals surface area contributed by atoms with Crippen LogP contribution in [-0.2, 0) is 0 Å². The highest BCUT2D eigenvalue weighted by Gasteiger charge is 2.14. The van der Waals surface area contributed by atoms with E-state index in [1.807, 2.05) is 85.1 Å². The molecule has 3 aromatic heterocycles. The summed E-state index contributed by atoms with van der Waals surface area (Å²) in [4.78, 5) is 24.2. The Bertz CT molecular complexity index is 1920. The molecule has 0 aliphatic rings. The van der Waals surface area contributed by atoms with Gasteiger partial charge in [0.05, 0.1) is 16.7 Å². The van der Waals surface area contributed by atoms with E-state index in [9.17, 15) is 0 Å². The molecule has 4 aromatic carbocycles. The van der Waals surface area contributed by atoms with Gasteiger partial charge in [-0.05, 0) is 30.3 Å². The maximum atomic E-state index is 5.04. The Morgan fingerprint density at radius 1 is 0.436 bits per heavy atom. The number of fused-ring (bicyclic) bond motifs is 3. The van der Waals surface area contributed by atoms with Gasteiger partial charge < -0.3 is 0 Å². The van der Waals surface area contributed by atoms with E-state index in [1.165, 1.54) is 0 Å². The van der Waals surface area contributed by atoms with Crippen LogP contribution in [0.25, 0.3) is 67.2 Å². The largest absolute Gasteiger partial charge is 0.254 e. The first-order valence-corrected chi connectivity index (χ1v) is 13.3. The molecule has 0 fully saturated rings. The number of nitrogens with zero attached hydrogens (tertiary/aromatic N) is 5. The molecule has 0 aliphatic carbocycles. The van der Waals surface area contributed by atoms with E-state index < -0.39 is 0 Å². The predicted molar refractivity (Wildman–Crippen MR) is 160 cm³/mol. The van der Waals surface area contributed by atoms with Crippen LogP contribution in [-0.4, -0.2) is 24.9 Å². The van der Waals surface area contributed by atoms with Crippen LogP contribution in [0.4, 0.5) is 0 Å². The lowest BCUT2D eigenvalue weighted by molar-refractivity contribution is 1.07. The number of halogens is 1. The number of rotatable bonds is 4. The molecule has 0 aliphatic heterocycles. The molecule has 7 rings (SSSR count). The van der Waals surface area contributed by atoms with Gasteiger partial charge in [0.25, 0.3) is 0 Å². The van der Waals surface area contributed by atoms with E-state index in [4.69, 9.17) is 19.9 Å². The molecule has 39 heavy (non-hydrogen) atoms. The van der Waals surface area contributed by atoms with Crippen LogP contribution >= 0.6 is 15.9 Å². The summed E-state index contributed by atoms with van der Waals surface area (Å²) in [5, 5.41) is 2.12. The van der Waals surface area contributed by atoms with Crippen molar-refractivity contribution >= 4 is 37.7 Å². The summed E-state index contributed by atoms with van der Waals surface area (Å²) in [5.74, 6) is 1.85. The molecule has 0 spiro atoms. The van der Waals surface area contributed by atoms with Crippen LogP contribution in [0, 0.1) is 0 Å². The molecule has 0 bridgehead atoms. The van der Waals surface area contributed by atoms with E-state index in [-0.39, 0.29) is 0 Å². The van der Waals surface area contributed by atoms with Crippen LogP contribution in [0.3, 0.4) is 0 Å². The molecule has 184 valence electrons. The maximum absolute atomic E-state index is 5.04. The van der Waals surface area contributed by atoms with E-state index in [1.54, 1.807) is 0 Å². The Morgan fingerprint density at radius 3 is 1.67 bits per heavy atom.